The summed E-state index contributed by atoms with van der Waals surface area (Å²) >= 11 is 0. The predicted octanol–water partition coefficient (Wildman–Crippen LogP) is 2.70. The van der Waals surface area contributed by atoms with Gasteiger partial charge in [-0.25, -0.2) is 0 Å². The number of hydrogen-bond donors (Lipinski definition) is 1. The van der Waals surface area contributed by atoms with Crippen LogP contribution in [0.25, 0.3) is 0 Å². The molecule has 1 N–H and O–H groups in total. The minimum absolute atomic E-state index is 0.118. The highest BCUT2D eigenvalue weighted by molar-refractivity contribution is 5.74. The van der Waals surface area contributed by atoms with Crippen molar-refractivity contribution in [3.05, 3.63) is 36.7 Å². The van der Waals surface area contributed by atoms with E-state index >= 15 is 0 Å². The van der Waals surface area contributed by atoms with Crippen LogP contribution in [0.3, 0.4) is 0 Å². The number of nitrogens with one attached hydrogen (secondary N) is 1. The molecule has 1 unspecified atom stereocenters. The molecule has 1 aromatic carbocycles. The van der Waals surface area contributed by atoms with E-state index in [0.717, 1.165) is 25.1 Å². The largest absolute Gasteiger partial charge is 0.497 e. The average Bonchev–Trinajstić information content (AvgIpc) is 3.10. The number of amides is 1. The van der Waals surface area contributed by atoms with Crippen LogP contribution in [0, 0.1) is 0 Å². The zero-order chi connectivity index (χ0) is 17.6. The highest BCUT2D eigenvalue weighted by Gasteiger charge is 2.26. The number of nitrogens with zero attached hydrogens (tertiary/aromatic N) is 3. The number of likely N-dealkylation sites (tertiary alicyclic amines) is 1. The summed E-state index contributed by atoms with van der Waals surface area (Å²) in [6, 6.07) is 7.46. The molecule has 1 saturated heterocycles. The monoisotopic (exact) mass is 342 g/mol. The number of aromatic nitrogens is 2. The Morgan fingerprint density at radius 1 is 1.28 bits per heavy atom. The van der Waals surface area contributed by atoms with Crippen LogP contribution in [0.15, 0.2) is 36.7 Å². The van der Waals surface area contributed by atoms with Gasteiger partial charge in [0.05, 0.1) is 19.5 Å². The third-order valence-corrected chi connectivity index (χ3v) is 4.19. The third-order valence-electron chi connectivity index (χ3n) is 4.19. The summed E-state index contributed by atoms with van der Waals surface area (Å²) in [5.74, 6) is 2.57. The number of methoxy groups -OCH3 is 1. The fourth-order valence-electron chi connectivity index (χ4n) is 2.93. The summed E-state index contributed by atoms with van der Waals surface area (Å²) in [4.78, 5) is 22.1. The highest BCUT2D eigenvalue weighted by atomic mass is 16.5. The van der Waals surface area contributed by atoms with Crippen molar-refractivity contribution in [2.45, 2.75) is 25.8 Å². The van der Waals surface area contributed by atoms with Crippen LogP contribution in [0.5, 0.6) is 17.4 Å². The van der Waals surface area contributed by atoms with Crippen molar-refractivity contribution >= 4 is 11.7 Å². The molecule has 0 radical (unpaired) electrons. The van der Waals surface area contributed by atoms with Crippen LogP contribution in [0.4, 0.5) is 5.82 Å². The number of anilines is 1. The lowest BCUT2D eigenvalue weighted by atomic mass is 10.2. The van der Waals surface area contributed by atoms with E-state index in [9.17, 15) is 4.79 Å². The molecule has 0 bridgehead atoms. The second-order valence-electron chi connectivity index (χ2n) is 5.91. The molecule has 1 aliphatic rings. The van der Waals surface area contributed by atoms with Crippen molar-refractivity contribution in [3.63, 3.8) is 0 Å². The van der Waals surface area contributed by atoms with Crippen molar-refractivity contribution in [2.75, 3.05) is 25.5 Å². The van der Waals surface area contributed by atoms with Gasteiger partial charge in [0.1, 0.15) is 17.3 Å². The molecule has 0 aliphatic carbocycles. The summed E-state index contributed by atoms with van der Waals surface area (Å²) in [6.45, 7) is 3.09. The molecular weight excluding hydrogens is 320 g/mol. The highest BCUT2D eigenvalue weighted by Crippen LogP contribution is 2.23. The average molecular weight is 342 g/mol. The number of carbonyl (C=O) groups excluding carboxylic acids is 1. The van der Waals surface area contributed by atoms with Gasteiger partial charge in [-0.3, -0.25) is 9.78 Å². The Balaban J connectivity index is 1.60. The van der Waals surface area contributed by atoms with Crippen LogP contribution >= 0.6 is 0 Å². The van der Waals surface area contributed by atoms with E-state index in [1.54, 1.807) is 26.4 Å². The summed E-state index contributed by atoms with van der Waals surface area (Å²) in [7, 11) is 1.62. The Morgan fingerprint density at radius 2 is 2.04 bits per heavy atom. The van der Waals surface area contributed by atoms with Gasteiger partial charge in [-0.2, -0.15) is 4.98 Å². The molecule has 1 aliphatic heterocycles. The van der Waals surface area contributed by atoms with E-state index in [0.29, 0.717) is 24.0 Å². The van der Waals surface area contributed by atoms with E-state index in [1.807, 2.05) is 29.2 Å². The van der Waals surface area contributed by atoms with Gasteiger partial charge in [0.15, 0.2) is 0 Å². The molecule has 1 fully saturated rings. The first-order chi connectivity index (χ1) is 12.2. The van der Waals surface area contributed by atoms with Gasteiger partial charge in [-0.1, -0.05) is 0 Å². The Morgan fingerprint density at radius 3 is 2.76 bits per heavy atom. The van der Waals surface area contributed by atoms with Crippen molar-refractivity contribution in [1.82, 2.24) is 14.9 Å². The van der Waals surface area contributed by atoms with E-state index < -0.39 is 0 Å². The molecule has 132 valence electrons. The lowest BCUT2D eigenvalue weighted by Gasteiger charge is -2.23. The fraction of sp³-hybridized carbons (Fsp3) is 0.389. The lowest BCUT2D eigenvalue weighted by Crippen LogP contribution is -2.38. The number of hydrogen-bond acceptors (Lipinski definition) is 6. The van der Waals surface area contributed by atoms with Crippen LogP contribution in [-0.2, 0) is 4.79 Å². The predicted molar refractivity (Wildman–Crippen MR) is 94.0 cm³/mol. The topological polar surface area (TPSA) is 76.6 Å². The number of rotatable bonds is 6. The molecule has 0 saturated carbocycles. The number of ether oxygens (including phenoxy) is 2. The second-order valence-corrected chi connectivity index (χ2v) is 5.91. The first-order valence-electron chi connectivity index (χ1n) is 8.31. The molecule has 1 amide bonds. The maximum absolute atomic E-state index is 11.6. The van der Waals surface area contributed by atoms with Gasteiger partial charge >= 0.3 is 0 Å². The molecule has 2 heterocycles. The zero-order valence-electron chi connectivity index (χ0n) is 14.4. The SMILES string of the molecule is COc1ccc(Oc2cncc(NCC3CCCN3C(C)=O)n2)cc1. The molecular formula is C18H22N4O3. The van der Waals surface area contributed by atoms with Crippen molar-refractivity contribution < 1.29 is 14.3 Å². The molecule has 25 heavy (non-hydrogen) atoms. The summed E-state index contributed by atoms with van der Waals surface area (Å²) < 4.78 is 10.8. The molecule has 7 heteroatoms. The lowest BCUT2D eigenvalue weighted by molar-refractivity contribution is -0.129. The summed E-state index contributed by atoms with van der Waals surface area (Å²) in [6.07, 6.45) is 5.25. The van der Waals surface area contributed by atoms with Crippen LogP contribution in [0.2, 0.25) is 0 Å². The minimum atomic E-state index is 0.118. The molecule has 1 aromatic heterocycles. The molecule has 0 spiro atoms. The Kier molecular flexibility index (Phi) is 5.33. The van der Waals surface area contributed by atoms with Gasteiger partial charge in [0, 0.05) is 26.1 Å². The Hall–Kier alpha value is -2.83. The standard InChI is InChI=1S/C18H22N4O3/c1-13(23)22-9-3-4-14(22)10-20-17-11-19-12-18(21-17)25-16-7-5-15(24-2)6-8-16/h5-8,11-12,14H,3-4,9-10H2,1-2H3,(H,20,21). The number of benzene rings is 1. The smallest absolute Gasteiger partial charge is 0.239 e. The van der Waals surface area contributed by atoms with E-state index in [4.69, 9.17) is 9.47 Å². The number of carbonyl (C=O) groups is 1. The Bertz CT molecular complexity index is 721. The van der Waals surface area contributed by atoms with Crippen molar-refractivity contribution in [2.24, 2.45) is 0 Å². The van der Waals surface area contributed by atoms with Crippen molar-refractivity contribution in [1.29, 1.82) is 0 Å². The van der Waals surface area contributed by atoms with Crippen LogP contribution in [0.1, 0.15) is 19.8 Å². The van der Waals surface area contributed by atoms with Gasteiger partial charge in [0.25, 0.3) is 0 Å². The normalized spacial score (nSPS) is 16.6. The summed E-state index contributed by atoms with van der Waals surface area (Å²) in [5.41, 5.74) is 0. The van der Waals surface area contributed by atoms with E-state index in [2.05, 4.69) is 15.3 Å². The van der Waals surface area contributed by atoms with Crippen LogP contribution in [-0.4, -0.2) is 47.0 Å². The second kappa shape index (κ2) is 7.83. The maximum Gasteiger partial charge on any atom is 0.239 e. The van der Waals surface area contributed by atoms with Gasteiger partial charge in [-0.15, -0.1) is 0 Å². The van der Waals surface area contributed by atoms with Gasteiger partial charge in [0.2, 0.25) is 11.8 Å². The quantitative estimate of drug-likeness (QED) is 0.870. The summed E-state index contributed by atoms with van der Waals surface area (Å²) in [5, 5.41) is 3.25. The first-order valence-corrected chi connectivity index (χ1v) is 8.31. The molecule has 3 rings (SSSR count). The van der Waals surface area contributed by atoms with Gasteiger partial charge < -0.3 is 19.7 Å². The fourth-order valence-corrected chi connectivity index (χ4v) is 2.93. The first kappa shape index (κ1) is 17.0. The van der Waals surface area contributed by atoms with Crippen LogP contribution < -0.4 is 14.8 Å². The maximum atomic E-state index is 11.6. The zero-order valence-corrected chi connectivity index (χ0v) is 14.4. The molecule has 2 aromatic rings. The third kappa shape index (κ3) is 4.37. The minimum Gasteiger partial charge on any atom is -0.497 e. The molecule has 1 atom stereocenters. The van der Waals surface area contributed by atoms with Crippen molar-refractivity contribution in [3.8, 4) is 17.4 Å². The van der Waals surface area contributed by atoms with E-state index in [1.165, 1.54) is 0 Å². The van der Waals surface area contributed by atoms with Gasteiger partial charge in [-0.05, 0) is 37.1 Å². The Labute approximate surface area is 147 Å². The molecule has 7 nitrogen and oxygen atoms in total. The van der Waals surface area contributed by atoms with E-state index in [-0.39, 0.29) is 11.9 Å².